The van der Waals surface area contributed by atoms with Gasteiger partial charge in [0.15, 0.2) is 0 Å². The molecule has 4 heterocycles. The number of rotatable bonds is 7. The standard InChI is InChI=1S/C32H37ClN6O5/c1-37-20-34-18-27(37)30(36-28(40)19-42-2)26-16-21-4-3-9-35-29(21)31(24-6-5-22(33)17-25(24)26)38-10-12-39(13-11-38)32(41)44-23-7-14-43-15-8-23/h3-6,9,16-18,20,23,30-31H,7-8,10-15,19H2,1-2H3,(H,36,40). The van der Waals surface area contributed by atoms with Crippen molar-refractivity contribution in [3.05, 3.63) is 82.2 Å². The van der Waals surface area contributed by atoms with Gasteiger partial charge in [-0.05, 0) is 46.5 Å². The highest BCUT2D eigenvalue weighted by Crippen LogP contribution is 2.44. The molecule has 0 spiro atoms. The number of pyridine rings is 1. The largest absolute Gasteiger partial charge is 0.446 e. The molecular weight excluding hydrogens is 584 g/mol. The van der Waals surface area contributed by atoms with Crippen molar-refractivity contribution in [2.24, 2.45) is 7.05 Å². The first-order valence-corrected chi connectivity index (χ1v) is 15.3. The minimum absolute atomic E-state index is 0.0773. The minimum Gasteiger partial charge on any atom is -0.446 e. The molecule has 2 aliphatic heterocycles. The van der Waals surface area contributed by atoms with Crippen molar-refractivity contribution in [2.45, 2.75) is 31.0 Å². The molecule has 2 aromatic heterocycles. The molecule has 44 heavy (non-hydrogen) atoms. The average molecular weight is 621 g/mol. The van der Waals surface area contributed by atoms with Crippen LogP contribution in [0.2, 0.25) is 5.02 Å². The molecule has 232 valence electrons. The molecule has 1 N–H and O–H groups in total. The second-order valence-electron chi connectivity index (χ2n) is 11.3. The number of ether oxygens (including phenoxy) is 3. The number of imidazole rings is 1. The van der Waals surface area contributed by atoms with Gasteiger partial charge in [-0.25, -0.2) is 9.78 Å². The van der Waals surface area contributed by atoms with Gasteiger partial charge in [-0.15, -0.1) is 0 Å². The number of piperazine rings is 1. The fourth-order valence-corrected chi connectivity index (χ4v) is 6.43. The number of fused-ring (bicyclic) bond motifs is 2. The van der Waals surface area contributed by atoms with Gasteiger partial charge in [0.25, 0.3) is 0 Å². The maximum absolute atomic E-state index is 13.0. The first-order chi connectivity index (χ1) is 21.4. The fraction of sp³-hybridized carbons (Fsp3) is 0.438. The second-order valence-corrected chi connectivity index (χ2v) is 11.7. The van der Waals surface area contributed by atoms with Gasteiger partial charge < -0.3 is 29.0 Å². The lowest BCUT2D eigenvalue weighted by molar-refractivity contribution is -0.125. The Morgan fingerprint density at radius 2 is 1.95 bits per heavy atom. The van der Waals surface area contributed by atoms with Gasteiger partial charge in [0.05, 0.1) is 49.2 Å². The quantitative estimate of drug-likeness (QED) is 0.424. The van der Waals surface area contributed by atoms with Crippen LogP contribution in [0.3, 0.4) is 0 Å². The Labute approximate surface area is 261 Å². The molecule has 3 aliphatic rings. The summed E-state index contributed by atoms with van der Waals surface area (Å²) in [4.78, 5) is 39.3. The number of hydrogen-bond acceptors (Lipinski definition) is 8. The second kappa shape index (κ2) is 13.5. The van der Waals surface area contributed by atoms with Crippen LogP contribution in [-0.4, -0.2) is 95.5 Å². The fourth-order valence-electron chi connectivity index (χ4n) is 6.26. The van der Waals surface area contributed by atoms with Gasteiger partial charge in [-0.1, -0.05) is 23.7 Å². The van der Waals surface area contributed by atoms with E-state index in [1.54, 1.807) is 23.6 Å². The lowest BCUT2D eigenvalue weighted by atomic mass is 9.89. The Bertz CT molecular complexity index is 1530. The van der Waals surface area contributed by atoms with Crippen LogP contribution in [0.25, 0.3) is 11.6 Å². The maximum atomic E-state index is 13.0. The lowest BCUT2D eigenvalue weighted by Crippen LogP contribution is -2.51. The number of carbonyl (C=O) groups is 2. The molecule has 3 aromatic rings. The van der Waals surface area contributed by atoms with Crippen LogP contribution in [0.5, 0.6) is 0 Å². The molecule has 0 radical (unpaired) electrons. The lowest BCUT2D eigenvalue weighted by Gasteiger charge is -2.40. The summed E-state index contributed by atoms with van der Waals surface area (Å²) in [7, 11) is 3.40. The summed E-state index contributed by atoms with van der Waals surface area (Å²) in [6, 6.07) is 9.11. The number of methoxy groups -OCH3 is 1. The van der Waals surface area contributed by atoms with Gasteiger partial charge >= 0.3 is 6.09 Å². The van der Waals surface area contributed by atoms with Crippen LogP contribution in [0.1, 0.15) is 53.0 Å². The first-order valence-electron chi connectivity index (χ1n) is 14.9. The number of halogens is 1. The summed E-state index contributed by atoms with van der Waals surface area (Å²) in [6.07, 6.45) is 8.47. The molecule has 0 saturated carbocycles. The Morgan fingerprint density at radius 3 is 2.68 bits per heavy atom. The van der Waals surface area contributed by atoms with E-state index >= 15 is 0 Å². The predicted octanol–water partition coefficient (Wildman–Crippen LogP) is 3.85. The van der Waals surface area contributed by atoms with Gasteiger partial charge in [-0.2, -0.15) is 0 Å². The number of nitrogens with one attached hydrogen (secondary N) is 1. The SMILES string of the molecule is COCC(=O)NC(C1=Cc2cccnc2C(N2CCN(C(=O)OC3CCOCC3)CC2)c2ccc(Cl)cc21)c1cncn1C. The average Bonchev–Trinajstić information content (AvgIpc) is 3.40. The monoisotopic (exact) mass is 620 g/mol. The molecule has 1 aliphatic carbocycles. The van der Waals surface area contributed by atoms with Crippen LogP contribution in [0.4, 0.5) is 4.79 Å². The highest BCUT2D eigenvalue weighted by atomic mass is 35.5. The van der Waals surface area contributed by atoms with Gasteiger partial charge in [0.1, 0.15) is 12.7 Å². The topological polar surface area (TPSA) is 111 Å². The highest BCUT2D eigenvalue weighted by molar-refractivity contribution is 6.30. The molecule has 0 bridgehead atoms. The number of benzene rings is 1. The summed E-state index contributed by atoms with van der Waals surface area (Å²) in [5.41, 5.74) is 5.44. The number of hydrogen-bond donors (Lipinski definition) is 1. The minimum atomic E-state index is -0.536. The Morgan fingerprint density at radius 1 is 1.16 bits per heavy atom. The summed E-state index contributed by atoms with van der Waals surface area (Å²) in [5.74, 6) is -0.251. The highest BCUT2D eigenvalue weighted by Gasteiger charge is 2.36. The van der Waals surface area contributed by atoms with E-state index in [-0.39, 0.29) is 30.8 Å². The number of amides is 2. The smallest absolute Gasteiger partial charge is 0.410 e. The van der Waals surface area contributed by atoms with Crippen LogP contribution in [0, 0.1) is 0 Å². The van der Waals surface area contributed by atoms with Crippen LogP contribution in [-0.2, 0) is 26.1 Å². The number of nitrogens with zero attached hydrogens (tertiary/aromatic N) is 5. The van der Waals surface area contributed by atoms with Gasteiger partial charge in [-0.3, -0.25) is 14.7 Å². The molecule has 1 aromatic carbocycles. The van der Waals surface area contributed by atoms with E-state index < -0.39 is 6.04 Å². The maximum Gasteiger partial charge on any atom is 0.410 e. The molecule has 2 fully saturated rings. The van der Waals surface area contributed by atoms with Crippen molar-refractivity contribution in [1.29, 1.82) is 0 Å². The van der Waals surface area contributed by atoms with E-state index in [1.165, 1.54) is 7.11 Å². The molecule has 2 amide bonds. The molecule has 6 rings (SSSR count). The summed E-state index contributed by atoms with van der Waals surface area (Å²) < 4.78 is 18.2. The Balaban J connectivity index is 1.35. The third-order valence-corrected chi connectivity index (χ3v) is 8.71. The van der Waals surface area contributed by atoms with E-state index in [2.05, 4.69) is 21.3 Å². The summed E-state index contributed by atoms with van der Waals surface area (Å²) in [5, 5.41) is 3.74. The van der Waals surface area contributed by atoms with Gasteiger partial charge in [0, 0.05) is 64.4 Å². The summed E-state index contributed by atoms with van der Waals surface area (Å²) >= 11 is 6.64. The van der Waals surface area contributed by atoms with Crippen molar-refractivity contribution >= 4 is 35.3 Å². The third kappa shape index (κ3) is 6.37. The number of aryl methyl sites for hydroxylation is 1. The Kier molecular flexibility index (Phi) is 9.27. The molecule has 12 heteroatoms. The van der Waals surface area contributed by atoms with E-state index in [1.807, 2.05) is 41.9 Å². The Hall–Kier alpha value is -3.77. The molecular formula is C32H37ClN6O5. The van der Waals surface area contributed by atoms with Crippen molar-refractivity contribution in [1.82, 2.24) is 29.7 Å². The van der Waals surface area contributed by atoms with Crippen LogP contribution < -0.4 is 5.32 Å². The molecule has 11 nitrogen and oxygen atoms in total. The van der Waals surface area contributed by atoms with Crippen LogP contribution >= 0.6 is 11.6 Å². The number of aromatic nitrogens is 3. The van der Waals surface area contributed by atoms with E-state index in [4.69, 9.17) is 30.8 Å². The third-order valence-electron chi connectivity index (χ3n) is 8.48. The van der Waals surface area contributed by atoms with Crippen LogP contribution in [0.15, 0.2) is 49.1 Å². The zero-order chi connectivity index (χ0) is 30.6. The van der Waals surface area contributed by atoms with Crippen molar-refractivity contribution in [3.63, 3.8) is 0 Å². The van der Waals surface area contributed by atoms with E-state index in [9.17, 15) is 9.59 Å². The van der Waals surface area contributed by atoms with Crippen molar-refractivity contribution in [3.8, 4) is 0 Å². The predicted molar refractivity (Wildman–Crippen MR) is 165 cm³/mol. The van der Waals surface area contributed by atoms with Crippen molar-refractivity contribution < 1.29 is 23.8 Å². The zero-order valence-electron chi connectivity index (χ0n) is 24.9. The number of carbonyl (C=O) groups excluding carboxylic acids is 2. The molecule has 2 saturated heterocycles. The van der Waals surface area contributed by atoms with Crippen molar-refractivity contribution in [2.75, 3.05) is 53.1 Å². The molecule has 2 atom stereocenters. The van der Waals surface area contributed by atoms with E-state index in [0.29, 0.717) is 44.4 Å². The van der Waals surface area contributed by atoms with Gasteiger partial charge in [0.2, 0.25) is 5.91 Å². The summed E-state index contributed by atoms with van der Waals surface area (Å²) in [6.45, 7) is 3.51. The zero-order valence-corrected chi connectivity index (χ0v) is 25.7. The first kappa shape index (κ1) is 30.3. The van der Waals surface area contributed by atoms with E-state index in [0.717, 1.165) is 46.5 Å². The normalized spacial score (nSPS) is 19.8. The molecule has 2 unspecified atom stereocenters.